The van der Waals surface area contributed by atoms with E-state index in [2.05, 4.69) is 26.0 Å². The van der Waals surface area contributed by atoms with Crippen molar-refractivity contribution in [3.8, 4) is 0 Å². The second-order valence-corrected chi connectivity index (χ2v) is 8.84. The molecule has 2 aromatic rings. The van der Waals surface area contributed by atoms with Crippen LogP contribution in [-0.4, -0.2) is 15.0 Å². The first-order chi connectivity index (χ1) is 9.54. The highest BCUT2D eigenvalue weighted by Gasteiger charge is 2.18. The van der Waals surface area contributed by atoms with E-state index in [1.54, 1.807) is 12.1 Å². The minimum Gasteiger partial charge on any atom is -0.384 e. The fourth-order valence-electron chi connectivity index (χ4n) is 2.14. The van der Waals surface area contributed by atoms with Gasteiger partial charge in [0.05, 0.1) is 8.68 Å². The highest BCUT2D eigenvalue weighted by Crippen LogP contribution is 2.26. The lowest BCUT2D eigenvalue weighted by Gasteiger charge is -2.07. The lowest BCUT2D eigenvalue weighted by atomic mass is 10.2. The quantitative estimate of drug-likeness (QED) is 0.867. The molecule has 0 amide bonds. The molecular weight excluding hydrogens is 360 g/mol. The molecule has 0 saturated heterocycles. The Bertz CT molecular complexity index is 741. The van der Waals surface area contributed by atoms with Gasteiger partial charge in [0.1, 0.15) is 0 Å². The van der Waals surface area contributed by atoms with Gasteiger partial charge in [-0.25, -0.2) is 13.1 Å². The molecule has 0 fully saturated rings. The maximum absolute atomic E-state index is 12.3. The predicted molar refractivity (Wildman–Crippen MR) is 84.7 cm³/mol. The summed E-state index contributed by atoms with van der Waals surface area (Å²) in [5.41, 5.74) is 2.10. The summed E-state index contributed by atoms with van der Waals surface area (Å²) in [5.74, 6) is 0. The summed E-state index contributed by atoms with van der Waals surface area (Å²) in [5, 5.41) is 3.22. The Hall–Kier alpha value is -0.890. The van der Waals surface area contributed by atoms with Crippen LogP contribution in [0.4, 0.5) is 5.69 Å². The number of hydrogen-bond acceptors (Lipinski definition) is 4. The Morgan fingerprint density at radius 1 is 1.30 bits per heavy atom. The van der Waals surface area contributed by atoms with Crippen LogP contribution in [0.3, 0.4) is 0 Å². The average molecular weight is 373 g/mol. The molecule has 106 valence electrons. The van der Waals surface area contributed by atoms with Crippen molar-refractivity contribution in [1.29, 1.82) is 0 Å². The number of benzene rings is 1. The van der Waals surface area contributed by atoms with E-state index >= 15 is 0 Å². The van der Waals surface area contributed by atoms with Gasteiger partial charge >= 0.3 is 0 Å². The molecule has 0 bridgehead atoms. The lowest BCUT2D eigenvalue weighted by molar-refractivity contribution is 0.581. The zero-order valence-corrected chi connectivity index (χ0v) is 13.7. The number of fused-ring (bicyclic) bond motifs is 1. The van der Waals surface area contributed by atoms with E-state index in [9.17, 15) is 8.42 Å². The van der Waals surface area contributed by atoms with Crippen molar-refractivity contribution in [2.24, 2.45) is 0 Å². The molecule has 1 aliphatic rings. The van der Waals surface area contributed by atoms with E-state index in [1.165, 1.54) is 11.3 Å². The minimum absolute atomic E-state index is 0.313. The minimum atomic E-state index is -3.46. The van der Waals surface area contributed by atoms with Crippen LogP contribution in [0.15, 0.2) is 39.0 Å². The topological polar surface area (TPSA) is 58.2 Å². The average Bonchev–Trinajstić information content (AvgIpc) is 3.04. The Labute approximate surface area is 130 Å². The van der Waals surface area contributed by atoms with E-state index < -0.39 is 10.0 Å². The summed E-state index contributed by atoms with van der Waals surface area (Å²) in [6.07, 6.45) is 0.872. The number of anilines is 1. The SMILES string of the molecule is O=S(=O)(NCc1ccc(Br)s1)c1ccc2c(c1)CCN2. The van der Waals surface area contributed by atoms with Crippen LogP contribution in [-0.2, 0) is 23.0 Å². The van der Waals surface area contributed by atoms with Crippen molar-refractivity contribution >= 4 is 43.0 Å². The first-order valence-corrected chi connectivity index (χ1v) is 9.24. The van der Waals surface area contributed by atoms with Gasteiger partial charge in [0, 0.05) is 23.7 Å². The largest absolute Gasteiger partial charge is 0.384 e. The number of sulfonamides is 1. The number of hydrogen-bond donors (Lipinski definition) is 2. The van der Waals surface area contributed by atoms with Crippen LogP contribution in [0, 0.1) is 0 Å². The maximum atomic E-state index is 12.3. The van der Waals surface area contributed by atoms with Crippen LogP contribution in [0.1, 0.15) is 10.4 Å². The van der Waals surface area contributed by atoms with E-state index in [-0.39, 0.29) is 0 Å². The van der Waals surface area contributed by atoms with E-state index in [1.807, 2.05) is 18.2 Å². The summed E-state index contributed by atoms with van der Waals surface area (Å²) in [6.45, 7) is 1.18. The molecule has 4 nitrogen and oxygen atoms in total. The van der Waals surface area contributed by atoms with E-state index in [4.69, 9.17) is 0 Å². The van der Waals surface area contributed by atoms with Gasteiger partial charge in [0.25, 0.3) is 0 Å². The molecule has 0 atom stereocenters. The Kier molecular flexibility index (Phi) is 3.85. The molecule has 7 heteroatoms. The molecule has 0 unspecified atom stereocenters. The van der Waals surface area contributed by atoms with Crippen LogP contribution < -0.4 is 10.0 Å². The van der Waals surface area contributed by atoms with Gasteiger partial charge in [-0.3, -0.25) is 0 Å². The van der Waals surface area contributed by atoms with Gasteiger partial charge in [-0.15, -0.1) is 11.3 Å². The van der Waals surface area contributed by atoms with Gasteiger partial charge in [0.2, 0.25) is 10.0 Å². The smallest absolute Gasteiger partial charge is 0.240 e. The second-order valence-electron chi connectivity index (χ2n) is 4.53. The Morgan fingerprint density at radius 2 is 2.15 bits per heavy atom. The first-order valence-electron chi connectivity index (χ1n) is 6.15. The summed E-state index contributed by atoms with van der Waals surface area (Å²) >= 11 is 4.89. The predicted octanol–water partition coefficient (Wildman–Crippen LogP) is 2.96. The molecule has 1 aromatic heterocycles. The van der Waals surface area contributed by atoms with Crippen LogP contribution in [0.25, 0.3) is 0 Å². The number of halogens is 1. The number of nitrogens with one attached hydrogen (secondary N) is 2. The van der Waals surface area contributed by atoms with E-state index in [0.717, 1.165) is 32.9 Å². The van der Waals surface area contributed by atoms with Gasteiger partial charge in [-0.2, -0.15) is 0 Å². The molecule has 0 spiro atoms. The standard InChI is InChI=1S/C13H13BrN2O2S2/c14-13-4-1-10(19-13)8-16-20(17,18)11-2-3-12-9(7-11)5-6-15-12/h1-4,7,15-16H,5-6,8H2. The van der Waals surface area contributed by atoms with Crippen LogP contribution >= 0.6 is 27.3 Å². The highest BCUT2D eigenvalue weighted by atomic mass is 79.9. The van der Waals surface area contributed by atoms with Crippen molar-refractivity contribution in [3.05, 3.63) is 44.6 Å². The van der Waals surface area contributed by atoms with Crippen LogP contribution in [0.5, 0.6) is 0 Å². The van der Waals surface area contributed by atoms with Crippen molar-refractivity contribution in [2.75, 3.05) is 11.9 Å². The molecule has 2 heterocycles. The van der Waals surface area contributed by atoms with Crippen molar-refractivity contribution in [3.63, 3.8) is 0 Å². The Morgan fingerprint density at radius 3 is 2.90 bits per heavy atom. The molecule has 0 aliphatic carbocycles. The van der Waals surface area contributed by atoms with E-state index in [0.29, 0.717) is 11.4 Å². The van der Waals surface area contributed by atoms with Gasteiger partial charge in [0.15, 0.2) is 0 Å². The number of rotatable bonds is 4. The monoisotopic (exact) mass is 372 g/mol. The van der Waals surface area contributed by atoms with Crippen LogP contribution in [0.2, 0.25) is 0 Å². The van der Waals surface area contributed by atoms with Gasteiger partial charge in [-0.1, -0.05) is 0 Å². The highest BCUT2D eigenvalue weighted by molar-refractivity contribution is 9.11. The molecule has 0 radical (unpaired) electrons. The Balaban J connectivity index is 1.78. The summed E-state index contributed by atoms with van der Waals surface area (Å²) in [4.78, 5) is 1.30. The molecule has 3 rings (SSSR count). The fraction of sp³-hybridized carbons (Fsp3) is 0.231. The molecule has 20 heavy (non-hydrogen) atoms. The van der Waals surface area contributed by atoms with Crippen molar-refractivity contribution in [2.45, 2.75) is 17.9 Å². The normalized spacial score (nSPS) is 14.1. The number of thiophene rings is 1. The third-order valence-electron chi connectivity index (χ3n) is 3.16. The first kappa shape index (κ1) is 14.1. The maximum Gasteiger partial charge on any atom is 0.240 e. The van der Waals surface area contributed by atoms with Gasteiger partial charge < -0.3 is 5.32 Å². The zero-order chi connectivity index (χ0) is 14.2. The third kappa shape index (κ3) is 2.90. The summed E-state index contributed by atoms with van der Waals surface area (Å²) in [6, 6.07) is 9.05. The van der Waals surface area contributed by atoms with Crippen molar-refractivity contribution in [1.82, 2.24) is 4.72 Å². The second kappa shape index (κ2) is 5.48. The zero-order valence-electron chi connectivity index (χ0n) is 10.5. The molecule has 0 saturated carbocycles. The third-order valence-corrected chi connectivity index (χ3v) is 6.18. The molecule has 2 N–H and O–H groups in total. The van der Waals surface area contributed by atoms with Crippen molar-refractivity contribution < 1.29 is 8.42 Å². The lowest BCUT2D eigenvalue weighted by Crippen LogP contribution is -2.22. The fourth-order valence-corrected chi connectivity index (χ4v) is 4.72. The van der Waals surface area contributed by atoms with Gasteiger partial charge in [-0.05, 0) is 58.2 Å². The summed E-state index contributed by atoms with van der Waals surface area (Å²) in [7, 11) is -3.46. The molecular formula is C13H13BrN2O2S2. The summed E-state index contributed by atoms with van der Waals surface area (Å²) < 4.78 is 28.2. The molecule has 1 aliphatic heterocycles. The molecule has 1 aromatic carbocycles.